The molecule has 8 nitrogen and oxygen atoms in total. The Morgan fingerprint density at radius 3 is 2.00 bits per heavy atom. The first-order chi connectivity index (χ1) is 9.81. The first-order valence-electron chi connectivity index (χ1n) is 6.06. The number of nitrogens with two attached hydrogens (primary N) is 1. The number of hydrogen-bond acceptors (Lipinski definition) is 6. The molecule has 0 aliphatic rings. The number of carbonyl (C=O) groups excluding carboxylic acids is 1. The molecule has 0 bridgehead atoms. The van der Waals surface area contributed by atoms with Crippen molar-refractivity contribution < 1.29 is 30.0 Å². The van der Waals surface area contributed by atoms with Crippen molar-refractivity contribution in [2.24, 2.45) is 0 Å². The lowest BCUT2D eigenvalue weighted by Gasteiger charge is -2.37. The van der Waals surface area contributed by atoms with E-state index in [-0.39, 0.29) is 16.8 Å². The van der Waals surface area contributed by atoms with Crippen LogP contribution in [-0.2, 0) is 0 Å². The zero-order valence-corrected chi connectivity index (χ0v) is 11.5. The van der Waals surface area contributed by atoms with Gasteiger partial charge in [0.25, 0.3) is 5.91 Å². The fourth-order valence-electron chi connectivity index (χ4n) is 1.78. The maximum absolute atomic E-state index is 12.3. The quantitative estimate of drug-likeness (QED) is 0.413. The van der Waals surface area contributed by atoms with Gasteiger partial charge in [-0.25, -0.2) is 4.79 Å². The third-order valence-electron chi connectivity index (χ3n) is 3.35. The second-order valence-electron chi connectivity index (χ2n) is 4.71. The van der Waals surface area contributed by atoms with Gasteiger partial charge in [-0.1, -0.05) is 0 Å². The number of carbonyl (C=O) groups is 2. The van der Waals surface area contributed by atoms with Gasteiger partial charge in [0, 0.05) is 18.3 Å². The number of benzene rings is 1. The van der Waals surface area contributed by atoms with Crippen LogP contribution in [0.1, 0.15) is 20.7 Å². The lowest BCUT2D eigenvalue weighted by Crippen LogP contribution is -2.57. The predicted octanol–water partition coefficient (Wildman–Crippen LogP) is -1.25. The molecule has 0 radical (unpaired) electrons. The molecule has 1 rings (SSSR count). The Morgan fingerprint density at radius 1 is 1.10 bits per heavy atom. The molecule has 0 aliphatic carbocycles. The second kappa shape index (κ2) is 6.53. The minimum absolute atomic E-state index is 0.0189. The fraction of sp³-hybridized carbons (Fsp3) is 0.385. The molecule has 0 atom stereocenters. The summed E-state index contributed by atoms with van der Waals surface area (Å²) >= 11 is 0. The molecule has 0 aromatic heterocycles. The summed E-state index contributed by atoms with van der Waals surface area (Å²) in [6.45, 7) is -1.97. The number of carboxylic acids is 1. The standard InChI is InChI=1S/C13H18N2O6/c1-15(13(5-16,6-17)7-18)11(19)8-2-9(12(20)21)4-10(14)3-8/h2-4,16-18H,5-7,14H2,1H3,(H,20,21). The van der Waals surface area contributed by atoms with Crippen molar-refractivity contribution in [2.45, 2.75) is 5.54 Å². The van der Waals surface area contributed by atoms with E-state index in [4.69, 9.17) is 10.8 Å². The first-order valence-corrected chi connectivity index (χ1v) is 6.06. The molecule has 21 heavy (non-hydrogen) atoms. The predicted molar refractivity (Wildman–Crippen MR) is 73.9 cm³/mol. The molecule has 6 N–H and O–H groups in total. The number of anilines is 1. The van der Waals surface area contributed by atoms with Gasteiger partial charge in [0.1, 0.15) is 5.54 Å². The Kier molecular flexibility index (Phi) is 5.25. The molecule has 1 aromatic rings. The number of aliphatic hydroxyl groups is 3. The van der Waals surface area contributed by atoms with Crippen LogP contribution in [0.3, 0.4) is 0 Å². The number of nitrogen functional groups attached to an aromatic ring is 1. The van der Waals surface area contributed by atoms with Crippen LogP contribution in [0.15, 0.2) is 18.2 Å². The number of aliphatic hydroxyl groups excluding tert-OH is 3. The van der Waals surface area contributed by atoms with Gasteiger partial charge in [-0.05, 0) is 18.2 Å². The van der Waals surface area contributed by atoms with Crippen molar-refractivity contribution in [3.05, 3.63) is 29.3 Å². The second-order valence-corrected chi connectivity index (χ2v) is 4.71. The largest absolute Gasteiger partial charge is 0.478 e. The van der Waals surface area contributed by atoms with Crippen LogP contribution in [-0.4, -0.2) is 69.6 Å². The van der Waals surface area contributed by atoms with Gasteiger partial charge in [-0.15, -0.1) is 0 Å². The molecule has 8 heteroatoms. The van der Waals surface area contributed by atoms with Crippen LogP contribution >= 0.6 is 0 Å². The topological polar surface area (TPSA) is 144 Å². The van der Waals surface area contributed by atoms with Crippen molar-refractivity contribution >= 4 is 17.6 Å². The highest BCUT2D eigenvalue weighted by Crippen LogP contribution is 2.19. The molecule has 1 amide bonds. The SMILES string of the molecule is CN(C(=O)c1cc(N)cc(C(=O)O)c1)C(CO)(CO)CO. The zero-order chi connectivity index (χ0) is 16.2. The molecule has 0 unspecified atom stereocenters. The molecule has 0 aliphatic heterocycles. The number of likely N-dealkylation sites (N-methyl/N-ethyl adjacent to an activating group) is 1. The smallest absolute Gasteiger partial charge is 0.335 e. The van der Waals surface area contributed by atoms with Gasteiger partial charge in [-0.3, -0.25) is 4.79 Å². The third kappa shape index (κ3) is 3.30. The number of hydrogen-bond donors (Lipinski definition) is 5. The van der Waals surface area contributed by atoms with Crippen molar-refractivity contribution in [1.29, 1.82) is 0 Å². The normalized spacial score (nSPS) is 11.2. The summed E-state index contributed by atoms with van der Waals surface area (Å²) in [7, 11) is 1.29. The molecular formula is C13H18N2O6. The molecule has 0 saturated heterocycles. The van der Waals surface area contributed by atoms with E-state index < -0.39 is 37.2 Å². The van der Waals surface area contributed by atoms with Gasteiger partial charge in [0.15, 0.2) is 0 Å². The molecule has 0 spiro atoms. The number of aromatic carboxylic acids is 1. The van der Waals surface area contributed by atoms with E-state index in [1.165, 1.54) is 19.2 Å². The number of nitrogens with zero attached hydrogens (tertiary/aromatic N) is 1. The Bertz CT molecular complexity index is 533. The van der Waals surface area contributed by atoms with E-state index in [1.54, 1.807) is 0 Å². The molecule has 116 valence electrons. The summed E-state index contributed by atoms with van der Waals surface area (Å²) in [5.41, 5.74) is 3.92. The minimum atomic E-state index is -1.55. The summed E-state index contributed by atoms with van der Waals surface area (Å²) in [6, 6.07) is 3.62. The Morgan fingerprint density at radius 2 is 1.57 bits per heavy atom. The summed E-state index contributed by atoms with van der Waals surface area (Å²) in [6.07, 6.45) is 0. The van der Waals surface area contributed by atoms with E-state index in [0.717, 1.165) is 11.0 Å². The molecule has 0 saturated carbocycles. The van der Waals surface area contributed by atoms with E-state index >= 15 is 0 Å². The Hall–Kier alpha value is -2.16. The zero-order valence-electron chi connectivity index (χ0n) is 11.5. The summed E-state index contributed by atoms with van der Waals surface area (Å²) < 4.78 is 0. The van der Waals surface area contributed by atoms with Gasteiger partial charge in [0.2, 0.25) is 0 Å². The van der Waals surface area contributed by atoms with Crippen molar-refractivity contribution in [3.8, 4) is 0 Å². The highest BCUT2D eigenvalue weighted by Gasteiger charge is 2.36. The Balaban J connectivity index is 3.22. The molecular weight excluding hydrogens is 280 g/mol. The van der Waals surface area contributed by atoms with Crippen LogP contribution in [0, 0.1) is 0 Å². The van der Waals surface area contributed by atoms with Gasteiger partial charge in [-0.2, -0.15) is 0 Å². The van der Waals surface area contributed by atoms with Crippen LogP contribution in [0.25, 0.3) is 0 Å². The highest BCUT2D eigenvalue weighted by atomic mass is 16.4. The van der Waals surface area contributed by atoms with Crippen LogP contribution < -0.4 is 5.73 Å². The summed E-state index contributed by atoms with van der Waals surface area (Å²) in [4.78, 5) is 24.3. The summed E-state index contributed by atoms with van der Waals surface area (Å²) in [5.74, 6) is -1.92. The van der Waals surface area contributed by atoms with Gasteiger partial charge in [0.05, 0.1) is 25.4 Å². The maximum atomic E-state index is 12.3. The lowest BCUT2D eigenvalue weighted by molar-refractivity contribution is -0.0248. The number of amides is 1. The van der Waals surface area contributed by atoms with Crippen molar-refractivity contribution in [2.75, 3.05) is 32.6 Å². The maximum Gasteiger partial charge on any atom is 0.335 e. The van der Waals surface area contributed by atoms with Crippen molar-refractivity contribution in [1.82, 2.24) is 4.90 Å². The van der Waals surface area contributed by atoms with E-state index in [9.17, 15) is 24.9 Å². The van der Waals surface area contributed by atoms with E-state index in [0.29, 0.717) is 0 Å². The van der Waals surface area contributed by atoms with Crippen molar-refractivity contribution in [3.63, 3.8) is 0 Å². The molecule has 1 aromatic carbocycles. The van der Waals surface area contributed by atoms with Crippen LogP contribution in [0.5, 0.6) is 0 Å². The van der Waals surface area contributed by atoms with E-state index in [2.05, 4.69) is 0 Å². The minimum Gasteiger partial charge on any atom is -0.478 e. The molecule has 0 heterocycles. The average molecular weight is 298 g/mol. The monoisotopic (exact) mass is 298 g/mol. The third-order valence-corrected chi connectivity index (χ3v) is 3.35. The number of rotatable bonds is 6. The lowest BCUT2D eigenvalue weighted by atomic mass is 9.99. The van der Waals surface area contributed by atoms with E-state index in [1.807, 2.05) is 0 Å². The highest BCUT2D eigenvalue weighted by molar-refractivity contribution is 5.99. The fourth-order valence-corrected chi connectivity index (χ4v) is 1.78. The van der Waals surface area contributed by atoms with Gasteiger partial charge >= 0.3 is 5.97 Å². The van der Waals surface area contributed by atoms with Crippen LogP contribution in [0.4, 0.5) is 5.69 Å². The average Bonchev–Trinajstić information content (AvgIpc) is 2.48. The first kappa shape index (κ1) is 16.9. The summed E-state index contributed by atoms with van der Waals surface area (Å²) in [5, 5.41) is 36.9. The van der Waals surface area contributed by atoms with Crippen LogP contribution in [0.2, 0.25) is 0 Å². The Labute approximate surface area is 121 Å². The number of carboxylic acid groups (broad SMARTS) is 1. The molecule has 0 fully saturated rings. The van der Waals surface area contributed by atoms with Gasteiger partial charge < -0.3 is 31.1 Å².